The summed E-state index contributed by atoms with van der Waals surface area (Å²) < 4.78 is 0. The van der Waals surface area contributed by atoms with Gasteiger partial charge in [0.25, 0.3) is 0 Å². The fourth-order valence-corrected chi connectivity index (χ4v) is 7.22. The molecule has 0 unspecified atom stereocenters. The van der Waals surface area contributed by atoms with Crippen LogP contribution in [0.1, 0.15) is 55.6 Å². The van der Waals surface area contributed by atoms with Gasteiger partial charge in [0.2, 0.25) is 23.6 Å². The first kappa shape index (κ1) is 27.5. The van der Waals surface area contributed by atoms with Crippen LogP contribution in [0.3, 0.4) is 0 Å². The summed E-state index contributed by atoms with van der Waals surface area (Å²) in [6.45, 7) is 1.70. The molecule has 11 nitrogen and oxygen atoms in total. The summed E-state index contributed by atoms with van der Waals surface area (Å²) in [5.41, 5.74) is 1.83. The summed E-state index contributed by atoms with van der Waals surface area (Å²) in [6, 6.07) is 5.20. The number of amides is 4. The molecule has 1 aromatic rings. The monoisotopic (exact) mass is 552 g/mol. The fourth-order valence-electron chi connectivity index (χ4n) is 7.22. The number of aliphatic carboxylic acids is 2. The number of imide groups is 2. The largest absolute Gasteiger partial charge is 0.507 e. The number of phenols is 1. The van der Waals surface area contributed by atoms with Crippen molar-refractivity contribution < 1.29 is 44.1 Å². The summed E-state index contributed by atoms with van der Waals surface area (Å²) in [7, 11) is 0. The predicted molar refractivity (Wildman–Crippen MR) is 138 cm³/mol. The maximum absolute atomic E-state index is 13.7. The third-order valence-corrected chi connectivity index (χ3v) is 8.98. The minimum absolute atomic E-state index is 0.00193. The molecule has 11 heteroatoms. The van der Waals surface area contributed by atoms with E-state index in [1.807, 2.05) is 6.08 Å². The second-order valence-corrected chi connectivity index (χ2v) is 11.2. The Labute approximate surface area is 230 Å². The second-order valence-electron chi connectivity index (χ2n) is 11.2. The molecule has 6 atom stereocenters. The highest BCUT2D eigenvalue weighted by atomic mass is 16.4. The Morgan fingerprint density at radius 2 is 1.40 bits per heavy atom. The number of rotatable bonds is 9. The molecule has 5 rings (SSSR count). The van der Waals surface area contributed by atoms with Crippen LogP contribution in [0.15, 0.2) is 29.8 Å². The molecule has 1 saturated carbocycles. The van der Waals surface area contributed by atoms with E-state index in [-0.39, 0.29) is 63.3 Å². The molecule has 212 valence electrons. The minimum Gasteiger partial charge on any atom is -0.507 e. The molecule has 0 radical (unpaired) electrons. The third-order valence-electron chi connectivity index (χ3n) is 8.98. The molecule has 2 heterocycles. The van der Waals surface area contributed by atoms with Gasteiger partial charge in [0, 0.05) is 37.4 Å². The lowest BCUT2D eigenvalue weighted by molar-refractivity contribution is -0.143. The number of benzene rings is 1. The van der Waals surface area contributed by atoms with E-state index >= 15 is 0 Å². The first-order valence-corrected chi connectivity index (χ1v) is 13.6. The van der Waals surface area contributed by atoms with Gasteiger partial charge in [0.05, 0.1) is 23.7 Å². The van der Waals surface area contributed by atoms with Gasteiger partial charge < -0.3 is 15.3 Å². The normalized spacial score (nSPS) is 29.3. The predicted octanol–water partition coefficient (Wildman–Crippen LogP) is 2.07. The molecular weight excluding hydrogens is 520 g/mol. The van der Waals surface area contributed by atoms with Gasteiger partial charge in [0.1, 0.15) is 5.75 Å². The van der Waals surface area contributed by atoms with Crippen LogP contribution >= 0.6 is 0 Å². The molecule has 0 spiro atoms. The minimum atomic E-state index is -1.03. The van der Waals surface area contributed by atoms with Crippen LogP contribution in [-0.2, 0) is 28.8 Å². The Bertz CT molecular complexity index is 1330. The molecule has 2 saturated heterocycles. The van der Waals surface area contributed by atoms with E-state index in [9.17, 15) is 33.9 Å². The van der Waals surface area contributed by atoms with Gasteiger partial charge in [0.15, 0.2) is 0 Å². The van der Waals surface area contributed by atoms with Crippen LogP contribution in [0.25, 0.3) is 0 Å². The van der Waals surface area contributed by atoms with E-state index in [0.29, 0.717) is 11.1 Å². The van der Waals surface area contributed by atoms with Crippen molar-refractivity contribution in [3.8, 4) is 5.75 Å². The van der Waals surface area contributed by atoms with Gasteiger partial charge in [-0.25, -0.2) is 0 Å². The summed E-state index contributed by atoms with van der Waals surface area (Å²) >= 11 is 0. The van der Waals surface area contributed by atoms with Gasteiger partial charge in [-0.15, -0.1) is 0 Å². The van der Waals surface area contributed by atoms with Crippen molar-refractivity contribution in [3.63, 3.8) is 0 Å². The van der Waals surface area contributed by atoms with Gasteiger partial charge in [-0.2, -0.15) is 0 Å². The number of nitrogens with zero attached hydrogens (tertiary/aromatic N) is 2. The molecule has 4 amide bonds. The Kier molecular flexibility index (Phi) is 7.24. The Balaban J connectivity index is 1.52. The lowest BCUT2D eigenvalue weighted by Gasteiger charge is -2.44. The van der Waals surface area contributed by atoms with Crippen LogP contribution in [0.5, 0.6) is 5.75 Å². The smallest absolute Gasteiger partial charge is 0.303 e. The van der Waals surface area contributed by atoms with Crippen molar-refractivity contribution in [1.82, 2.24) is 9.80 Å². The molecule has 3 fully saturated rings. The molecule has 2 aliphatic carbocycles. The van der Waals surface area contributed by atoms with E-state index in [4.69, 9.17) is 10.2 Å². The topological polar surface area (TPSA) is 170 Å². The standard InChI is InChI=1S/C29H32N2O9/c1-14-5-2-6-16(25(14)36)22-15-9-10-17-23(28(39)30(26(17)37)11-3-7-20(32)33)18(15)13-19-24(22)29(40)31(27(19)38)12-4-8-21(34)35/h2,5-6,9,17-19,22-24,36H,3-4,7-8,10-13H2,1H3,(H,32,33)(H,34,35)/t17-,18+,19+,22+,23-,24+/m0/s1. The summed E-state index contributed by atoms with van der Waals surface area (Å²) in [5, 5.41) is 29.1. The highest BCUT2D eigenvalue weighted by Gasteiger charge is 2.62. The number of likely N-dealkylation sites (tertiary alicyclic amines) is 2. The van der Waals surface area contributed by atoms with Crippen molar-refractivity contribution in [2.24, 2.45) is 29.6 Å². The number of carbonyl (C=O) groups excluding carboxylic acids is 4. The van der Waals surface area contributed by atoms with Crippen molar-refractivity contribution in [3.05, 3.63) is 41.0 Å². The zero-order chi connectivity index (χ0) is 28.9. The van der Waals surface area contributed by atoms with Crippen LogP contribution in [0.4, 0.5) is 0 Å². The fraction of sp³-hybridized carbons (Fsp3) is 0.517. The van der Waals surface area contributed by atoms with Crippen molar-refractivity contribution >= 4 is 35.6 Å². The van der Waals surface area contributed by atoms with E-state index in [0.717, 1.165) is 15.4 Å². The summed E-state index contributed by atoms with van der Waals surface area (Å²) in [4.78, 5) is 78.4. The molecule has 2 aliphatic heterocycles. The molecule has 0 aromatic heterocycles. The molecular formula is C29H32N2O9. The molecule has 3 N–H and O–H groups in total. The highest BCUT2D eigenvalue weighted by Crippen LogP contribution is 2.58. The summed E-state index contributed by atoms with van der Waals surface area (Å²) in [6.07, 6.45) is 2.21. The number of hydrogen-bond donors (Lipinski definition) is 3. The number of para-hydroxylation sites is 1. The molecule has 0 bridgehead atoms. The number of aromatic hydroxyl groups is 1. The van der Waals surface area contributed by atoms with Crippen LogP contribution in [-0.4, -0.2) is 73.8 Å². The maximum atomic E-state index is 13.7. The number of carbonyl (C=O) groups is 6. The summed E-state index contributed by atoms with van der Waals surface area (Å²) in [5.74, 6) is -7.80. The van der Waals surface area contributed by atoms with E-state index in [1.54, 1.807) is 25.1 Å². The number of allylic oxidation sites excluding steroid dienone is 2. The average molecular weight is 553 g/mol. The van der Waals surface area contributed by atoms with Gasteiger partial charge in [-0.05, 0) is 44.1 Å². The number of phenolic OH excluding ortho intramolecular Hbond substituents is 1. The lowest BCUT2D eigenvalue weighted by Crippen LogP contribution is -2.43. The van der Waals surface area contributed by atoms with Gasteiger partial charge >= 0.3 is 11.9 Å². The van der Waals surface area contributed by atoms with E-state index in [1.165, 1.54) is 0 Å². The number of carboxylic acids is 2. The first-order valence-electron chi connectivity index (χ1n) is 13.6. The van der Waals surface area contributed by atoms with Gasteiger partial charge in [-0.3, -0.25) is 38.6 Å². The van der Waals surface area contributed by atoms with E-state index in [2.05, 4.69) is 0 Å². The van der Waals surface area contributed by atoms with Crippen LogP contribution in [0.2, 0.25) is 0 Å². The Hall–Kier alpha value is -4.02. The molecule has 40 heavy (non-hydrogen) atoms. The van der Waals surface area contributed by atoms with E-state index < -0.39 is 65.2 Å². The SMILES string of the molecule is Cc1cccc([C@H]2C3=CC[C@@H]4C(=O)N(CCCC(=O)O)C(=O)[C@@H]4[C@@H]3C[C@H]3C(=O)N(CCCC(=O)O)C(=O)[C@@H]23)c1O. The zero-order valence-electron chi connectivity index (χ0n) is 22.1. The number of hydrogen-bond acceptors (Lipinski definition) is 7. The zero-order valence-corrected chi connectivity index (χ0v) is 22.1. The number of fused-ring (bicyclic) bond motifs is 4. The first-order chi connectivity index (χ1) is 19.0. The number of carboxylic acid groups (broad SMARTS) is 2. The van der Waals surface area contributed by atoms with Crippen LogP contribution < -0.4 is 0 Å². The maximum Gasteiger partial charge on any atom is 0.303 e. The highest BCUT2D eigenvalue weighted by molar-refractivity contribution is 6.08. The van der Waals surface area contributed by atoms with Gasteiger partial charge in [-0.1, -0.05) is 29.8 Å². The third kappa shape index (κ3) is 4.47. The van der Waals surface area contributed by atoms with Crippen molar-refractivity contribution in [1.29, 1.82) is 0 Å². The average Bonchev–Trinajstić information content (AvgIpc) is 3.29. The lowest BCUT2D eigenvalue weighted by atomic mass is 9.57. The van der Waals surface area contributed by atoms with Crippen molar-refractivity contribution in [2.75, 3.05) is 13.1 Å². The number of aryl methyl sites for hydroxylation is 1. The van der Waals surface area contributed by atoms with Crippen LogP contribution in [0, 0.1) is 36.5 Å². The second kappa shape index (κ2) is 10.5. The molecule has 1 aromatic carbocycles. The van der Waals surface area contributed by atoms with Crippen molar-refractivity contribution in [2.45, 2.75) is 51.4 Å². The Morgan fingerprint density at radius 3 is 2.00 bits per heavy atom. The molecule has 4 aliphatic rings. The Morgan fingerprint density at radius 1 is 0.825 bits per heavy atom. The quantitative estimate of drug-likeness (QED) is 0.307.